The van der Waals surface area contributed by atoms with E-state index in [9.17, 15) is 4.79 Å². The van der Waals surface area contributed by atoms with E-state index in [0.29, 0.717) is 10.9 Å². The number of aromatic nitrogens is 2. The van der Waals surface area contributed by atoms with Crippen LogP contribution in [-0.2, 0) is 4.79 Å². The molecule has 0 aliphatic carbocycles. The molecule has 1 amide bonds. The van der Waals surface area contributed by atoms with Crippen molar-refractivity contribution in [3.63, 3.8) is 0 Å². The summed E-state index contributed by atoms with van der Waals surface area (Å²) in [5.41, 5.74) is 0. The molecule has 0 spiro atoms. The first-order chi connectivity index (χ1) is 8.78. The van der Waals surface area contributed by atoms with Crippen LogP contribution in [0.2, 0.25) is 0 Å². The minimum atomic E-state index is -0.0439. The van der Waals surface area contributed by atoms with E-state index in [4.69, 9.17) is 0 Å². The molecule has 0 fully saturated rings. The van der Waals surface area contributed by atoms with Gasteiger partial charge in [-0.25, -0.2) is 0 Å². The number of anilines is 1. The SMILES string of the molecule is CCSc1nnc(NC(=O)CSc2cccs2)s1. The molecule has 96 valence electrons. The highest BCUT2D eigenvalue weighted by Gasteiger charge is 2.08. The molecular formula is C10H11N3OS4. The maximum Gasteiger partial charge on any atom is 0.236 e. The number of carbonyl (C=O) groups excluding carboxylic acids is 1. The normalized spacial score (nSPS) is 10.5. The third-order valence-electron chi connectivity index (χ3n) is 1.76. The van der Waals surface area contributed by atoms with E-state index in [1.54, 1.807) is 23.1 Å². The van der Waals surface area contributed by atoms with Crippen LogP contribution in [0, 0.1) is 0 Å². The molecule has 2 heterocycles. The lowest BCUT2D eigenvalue weighted by Crippen LogP contribution is -2.13. The second-order valence-corrected chi connectivity index (χ2v) is 7.79. The van der Waals surface area contributed by atoms with E-state index < -0.39 is 0 Å². The minimum absolute atomic E-state index is 0.0439. The maximum absolute atomic E-state index is 11.7. The van der Waals surface area contributed by atoms with Crippen LogP contribution in [0.1, 0.15) is 6.92 Å². The van der Waals surface area contributed by atoms with Gasteiger partial charge < -0.3 is 0 Å². The highest BCUT2D eigenvalue weighted by Crippen LogP contribution is 2.26. The van der Waals surface area contributed by atoms with Crippen LogP contribution in [-0.4, -0.2) is 27.6 Å². The number of hydrogen-bond donors (Lipinski definition) is 1. The zero-order chi connectivity index (χ0) is 12.8. The Bertz CT molecular complexity index is 497. The second-order valence-electron chi connectivity index (χ2n) is 3.08. The number of hydrogen-bond acceptors (Lipinski definition) is 7. The standard InChI is InChI=1S/C10H11N3OS4/c1-2-15-10-13-12-9(18-10)11-7(14)6-17-8-4-3-5-16-8/h3-5H,2,6H2,1H3,(H,11,12,14). The van der Waals surface area contributed by atoms with E-state index in [1.165, 1.54) is 23.1 Å². The van der Waals surface area contributed by atoms with Gasteiger partial charge in [0.15, 0.2) is 4.34 Å². The van der Waals surface area contributed by atoms with Crippen LogP contribution in [0.25, 0.3) is 0 Å². The first-order valence-corrected chi connectivity index (χ1v) is 8.87. The smallest absolute Gasteiger partial charge is 0.236 e. The number of rotatable bonds is 6. The van der Waals surface area contributed by atoms with Crippen molar-refractivity contribution < 1.29 is 4.79 Å². The Kier molecular flexibility index (Phi) is 5.48. The van der Waals surface area contributed by atoms with E-state index in [-0.39, 0.29) is 5.91 Å². The molecule has 2 rings (SSSR count). The molecule has 0 radical (unpaired) electrons. The molecule has 8 heteroatoms. The highest BCUT2D eigenvalue weighted by molar-refractivity contribution is 8.01. The fourth-order valence-corrected chi connectivity index (χ4v) is 4.33. The number of nitrogens with one attached hydrogen (secondary N) is 1. The van der Waals surface area contributed by atoms with Gasteiger partial charge >= 0.3 is 0 Å². The van der Waals surface area contributed by atoms with Crippen molar-refractivity contribution in [1.82, 2.24) is 10.2 Å². The van der Waals surface area contributed by atoms with Gasteiger partial charge in [0.05, 0.1) is 9.96 Å². The molecule has 4 nitrogen and oxygen atoms in total. The van der Waals surface area contributed by atoms with Crippen LogP contribution in [0.3, 0.4) is 0 Å². The van der Waals surface area contributed by atoms with Gasteiger partial charge in [-0.05, 0) is 17.2 Å². The van der Waals surface area contributed by atoms with Crippen molar-refractivity contribution >= 4 is 57.2 Å². The molecule has 0 unspecified atom stereocenters. The van der Waals surface area contributed by atoms with E-state index in [0.717, 1.165) is 14.3 Å². The van der Waals surface area contributed by atoms with E-state index in [1.807, 2.05) is 17.5 Å². The lowest BCUT2D eigenvalue weighted by molar-refractivity contribution is -0.113. The van der Waals surface area contributed by atoms with Crippen LogP contribution in [0.15, 0.2) is 26.1 Å². The molecule has 2 aromatic rings. The number of amides is 1. The predicted octanol–water partition coefficient (Wildman–Crippen LogP) is 3.44. The summed E-state index contributed by atoms with van der Waals surface area (Å²) in [6, 6.07) is 3.98. The van der Waals surface area contributed by atoms with Crippen molar-refractivity contribution in [2.45, 2.75) is 15.5 Å². The van der Waals surface area contributed by atoms with Gasteiger partial charge in [0.1, 0.15) is 0 Å². The summed E-state index contributed by atoms with van der Waals surface area (Å²) in [5.74, 6) is 1.31. The number of carbonyl (C=O) groups is 1. The maximum atomic E-state index is 11.7. The van der Waals surface area contributed by atoms with Gasteiger partial charge in [-0.2, -0.15) is 0 Å². The molecule has 2 aromatic heterocycles. The molecule has 0 aromatic carbocycles. The van der Waals surface area contributed by atoms with Gasteiger partial charge in [0.2, 0.25) is 11.0 Å². The van der Waals surface area contributed by atoms with Crippen LogP contribution < -0.4 is 5.32 Å². The Labute approximate surface area is 122 Å². The largest absolute Gasteiger partial charge is 0.300 e. The summed E-state index contributed by atoms with van der Waals surface area (Å²) >= 11 is 6.20. The van der Waals surface area contributed by atoms with Crippen molar-refractivity contribution in [1.29, 1.82) is 0 Å². The molecule has 0 saturated carbocycles. The van der Waals surface area contributed by atoms with Gasteiger partial charge in [-0.1, -0.05) is 36.1 Å². The number of thiophene rings is 1. The lowest BCUT2D eigenvalue weighted by atomic mass is 10.7. The minimum Gasteiger partial charge on any atom is -0.300 e. The van der Waals surface area contributed by atoms with Crippen molar-refractivity contribution in [2.75, 3.05) is 16.8 Å². The lowest BCUT2D eigenvalue weighted by Gasteiger charge is -1.98. The second kappa shape index (κ2) is 7.13. The highest BCUT2D eigenvalue weighted by atomic mass is 32.2. The summed E-state index contributed by atoms with van der Waals surface area (Å²) in [5, 5.41) is 13.2. The Balaban J connectivity index is 1.79. The van der Waals surface area contributed by atoms with E-state index in [2.05, 4.69) is 22.4 Å². The monoisotopic (exact) mass is 317 g/mol. The average molecular weight is 317 g/mol. The van der Waals surface area contributed by atoms with Crippen molar-refractivity contribution in [3.05, 3.63) is 17.5 Å². The van der Waals surface area contributed by atoms with Crippen LogP contribution in [0.4, 0.5) is 5.13 Å². The molecule has 18 heavy (non-hydrogen) atoms. The first kappa shape index (κ1) is 13.9. The quantitative estimate of drug-likeness (QED) is 0.653. The van der Waals surface area contributed by atoms with Gasteiger partial charge in [-0.15, -0.1) is 33.3 Å². The molecule has 0 aliphatic rings. The summed E-state index contributed by atoms with van der Waals surface area (Å²) < 4.78 is 2.03. The Morgan fingerprint density at radius 3 is 3.06 bits per heavy atom. The fraction of sp³-hybridized carbons (Fsp3) is 0.300. The Morgan fingerprint density at radius 1 is 1.44 bits per heavy atom. The zero-order valence-corrected chi connectivity index (χ0v) is 12.8. The van der Waals surface area contributed by atoms with Crippen LogP contribution >= 0.6 is 46.2 Å². The van der Waals surface area contributed by atoms with Crippen LogP contribution in [0.5, 0.6) is 0 Å². The Hall–Kier alpha value is -0.570. The van der Waals surface area contributed by atoms with Gasteiger partial charge in [-0.3, -0.25) is 10.1 Å². The molecule has 0 bridgehead atoms. The summed E-state index contributed by atoms with van der Waals surface area (Å²) in [6.45, 7) is 2.06. The predicted molar refractivity (Wildman–Crippen MR) is 80.0 cm³/mol. The molecule has 0 aliphatic heterocycles. The molecular weight excluding hydrogens is 306 g/mol. The summed E-state index contributed by atoms with van der Waals surface area (Å²) in [4.78, 5) is 11.7. The third-order valence-corrected chi connectivity index (χ3v) is 5.75. The summed E-state index contributed by atoms with van der Waals surface area (Å²) in [6.07, 6.45) is 0. The van der Waals surface area contributed by atoms with Gasteiger partial charge in [0, 0.05) is 0 Å². The Morgan fingerprint density at radius 2 is 2.33 bits per heavy atom. The zero-order valence-electron chi connectivity index (χ0n) is 9.58. The van der Waals surface area contributed by atoms with Crippen molar-refractivity contribution in [2.24, 2.45) is 0 Å². The number of nitrogens with zero attached hydrogens (tertiary/aromatic N) is 2. The summed E-state index contributed by atoms with van der Waals surface area (Å²) in [7, 11) is 0. The molecule has 1 N–H and O–H groups in total. The molecule has 0 atom stereocenters. The first-order valence-electron chi connectivity index (χ1n) is 5.20. The average Bonchev–Trinajstić information content (AvgIpc) is 2.99. The van der Waals surface area contributed by atoms with E-state index >= 15 is 0 Å². The van der Waals surface area contributed by atoms with Gasteiger partial charge in [0.25, 0.3) is 0 Å². The molecule has 0 saturated heterocycles. The third kappa shape index (κ3) is 4.27. The van der Waals surface area contributed by atoms with Crippen molar-refractivity contribution in [3.8, 4) is 0 Å². The topological polar surface area (TPSA) is 54.9 Å². The number of thioether (sulfide) groups is 2. The fourth-order valence-electron chi connectivity index (χ4n) is 1.08.